The number of fused-ring (bicyclic) bond motifs is 9. The third kappa shape index (κ3) is 4.34. The van der Waals surface area contributed by atoms with E-state index in [0.717, 1.165) is 72.6 Å². The van der Waals surface area contributed by atoms with Gasteiger partial charge in [-0.1, -0.05) is 133 Å². The van der Waals surface area contributed by atoms with Crippen LogP contribution < -0.4 is 30.8 Å². The van der Waals surface area contributed by atoms with Crippen LogP contribution in [0.3, 0.4) is 0 Å². The van der Waals surface area contributed by atoms with Gasteiger partial charge in [-0.2, -0.15) is 0 Å². The summed E-state index contributed by atoms with van der Waals surface area (Å²) in [5.74, 6) is 3.43. The maximum absolute atomic E-state index is 6.95. The number of hydrogen-bond donors (Lipinski definition) is 0. The van der Waals surface area contributed by atoms with E-state index in [-0.39, 0.29) is 6.71 Å². The molecule has 0 unspecified atom stereocenters. The highest BCUT2D eigenvalue weighted by Gasteiger charge is 2.42. The fourth-order valence-electron chi connectivity index (χ4n) is 8.47. The van der Waals surface area contributed by atoms with Crippen LogP contribution >= 0.6 is 0 Å². The lowest BCUT2D eigenvalue weighted by atomic mass is 9.34. The number of para-hydroxylation sites is 2. The van der Waals surface area contributed by atoms with Crippen LogP contribution in [-0.4, -0.2) is 6.71 Å². The van der Waals surface area contributed by atoms with Gasteiger partial charge in [-0.05, 0) is 86.1 Å². The van der Waals surface area contributed by atoms with Gasteiger partial charge < -0.3 is 14.4 Å². The normalized spacial score (nSPS) is 12.5. The second-order valence-corrected chi connectivity index (χ2v) is 13.6. The van der Waals surface area contributed by atoms with Gasteiger partial charge in [0.2, 0.25) is 0 Å². The number of ether oxygens (including phenoxy) is 2. The SMILES string of the molecule is c1ccc(N(c2ccccc2)c2cc3c(c4ccccc24)B2c4cc(-c5ccc6ccccc6c5)c5ccccc5c4Oc4cccc(c42)O3)cc1. The fraction of sp³-hybridized carbons (Fsp3) is 0. The molecule has 0 saturated heterocycles. The fourth-order valence-corrected chi connectivity index (χ4v) is 8.47. The minimum atomic E-state index is -0.108. The van der Waals surface area contributed by atoms with Gasteiger partial charge in [0, 0.05) is 33.7 Å². The molecule has 4 heteroatoms. The first-order valence-electron chi connectivity index (χ1n) is 17.8. The molecule has 0 fully saturated rings. The topological polar surface area (TPSA) is 21.7 Å². The predicted molar refractivity (Wildman–Crippen MR) is 217 cm³/mol. The number of benzene rings is 9. The molecule has 0 amide bonds. The van der Waals surface area contributed by atoms with Crippen molar-refractivity contribution in [3.63, 3.8) is 0 Å². The van der Waals surface area contributed by atoms with Crippen molar-refractivity contribution < 1.29 is 9.47 Å². The summed E-state index contributed by atoms with van der Waals surface area (Å²) >= 11 is 0. The maximum Gasteiger partial charge on any atom is 0.261 e. The minimum Gasteiger partial charge on any atom is -0.458 e. The Balaban J connectivity index is 1.21. The van der Waals surface area contributed by atoms with Crippen molar-refractivity contribution in [2.45, 2.75) is 0 Å². The van der Waals surface area contributed by atoms with E-state index in [1.807, 2.05) is 6.07 Å². The van der Waals surface area contributed by atoms with Gasteiger partial charge in [-0.25, -0.2) is 0 Å². The third-order valence-electron chi connectivity index (χ3n) is 10.7. The Hall–Kier alpha value is -6.78. The Bertz CT molecular complexity index is 2830. The molecule has 0 aliphatic carbocycles. The Morgan fingerprint density at radius 1 is 0.404 bits per heavy atom. The van der Waals surface area contributed by atoms with E-state index >= 15 is 0 Å². The van der Waals surface area contributed by atoms with Gasteiger partial charge >= 0.3 is 0 Å². The second kappa shape index (κ2) is 11.4. The standard InChI is InChI=1S/C48H30BNO2/c1-3-16-34(17-4-1)50(35-18-5-2-6-19-35)42-30-45-46(38-22-11-10-21-37(38)42)49-41-29-40(33-27-26-31-14-7-8-15-32(31)28-33)36-20-9-12-23-39(36)48(41)52-44-25-13-24-43(51-45)47(44)49/h1-30H. The lowest BCUT2D eigenvalue weighted by Crippen LogP contribution is -2.57. The van der Waals surface area contributed by atoms with Crippen LogP contribution in [0.1, 0.15) is 0 Å². The maximum atomic E-state index is 6.95. The van der Waals surface area contributed by atoms with E-state index in [0.29, 0.717) is 0 Å². The first kappa shape index (κ1) is 29.0. The number of nitrogens with zero attached hydrogens (tertiary/aromatic N) is 1. The molecule has 0 bridgehead atoms. The van der Waals surface area contributed by atoms with Crippen LogP contribution in [0, 0.1) is 0 Å². The predicted octanol–water partition coefficient (Wildman–Crippen LogP) is 11.0. The van der Waals surface area contributed by atoms with Crippen molar-refractivity contribution in [1.82, 2.24) is 0 Å². The van der Waals surface area contributed by atoms with Crippen molar-refractivity contribution in [2.24, 2.45) is 0 Å². The monoisotopic (exact) mass is 663 g/mol. The van der Waals surface area contributed by atoms with Crippen molar-refractivity contribution in [1.29, 1.82) is 0 Å². The summed E-state index contributed by atoms with van der Waals surface area (Å²) in [5.41, 5.74) is 8.98. The molecule has 9 aromatic carbocycles. The van der Waals surface area contributed by atoms with Gasteiger partial charge in [0.25, 0.3) is 6.71 Å². The Kier molecular flexibility index (Phi) is 6.35. The zero-order valence-corrected chi connectivity index (χ0v) is 28.2. The van der Waals surface area contributed by atoms with E-state index in [1.54, 1.807) is 0 Å². The first-order chi connectivity index (χ1) is 25.8. The van der Waals surface area contributed by atoms with E-state index in [4.69, 9.17) is 9.47 Å². The van der Waals surface area contributed by atoms with Gasteiger partial charge in [0.05, 0.1) is 5.69 Å². The summed E-state index contributed by atoms with van der Waals surface area (Å²) in [6, 6.07) is 64.8. The van der Waals surface area contributed by atoms with Crippen LogP contribution in [0.25, 0.3) is 43.4 Å². The average Bonchev–Trinajstić information content (AvgIpc) is 3.21. The quantitative estimate of drug-likeness (QED) is 0.175. The molecule has 0 spiro atoms. The zero-order chi connectivity index (χ0) is 34.2. The summed E-state index contributed by atoms with van der Waals surface area (Å²) in [4.78, 5) is 2.33. The first-order valence-corrected chi connectivity index (χ1v) is 17.8. The highest BCUT2D eigenvalue weighted by molar-refractivity contribution is 6.99. The summed E-state index contributed by atoms with van der Waals surface area (Å²) < 4.78 is 13.9. The molecule has 0 atom stereocenters. The van der Waals surface area contributed by atoms with Crippen molar-refractivity contribution in [3.05, 3.63) is 182 Å². The molecule has 9 aromatic rings. The lowest BCUT2D eigenvalue weighted by molar-refractivity contribution is 0.467. The highest BCUT2D eigenvalue weighted by Crippen LogP contribution is 2.45. The Morgan fingerprint density at radius 3 is 1.77 bits per heavy atom. The van der Waals surface area contributed by atoms with Crippen LogP contribution in [0.15, 0.2) is 182 Å². The molecule has 242 valence electrons. The lowest BCUT2D eigenvalue weighted by Gasteiger charge is -2.36. The molecule has 2 aliphatic heterocycles. The van der Waals surface area contributed by atoms with Gasteiger partial charge in [0.1, 0.15) is 23.0 Å². The molecule has 0 saturated carbocycles. The van der Waals surface area contributed by atoms with Crippen LogP contribution in [0.2, 0.25) is 0 Å². The third-order valence-corrected chi connectivity index (χ3v) is 10.7. The molecule has 11 rings (SSSR count). The Morgan fingerprint density at radius 2 is 1.02 bits per heavy atom. The molecule has 0 radical (unpaired) electrons. The number of rotatable bonds is 4. The van der Waals surface area contributed by atoms with Crippen molar-refractivity contribution in [3.8, 4) is 34.1 Å². The van der Waals surface area contributed by atoms with Gasteiger partial charge in [-0.3, -0.25) is 0 Å². The summed E-state index contributed by atoms with van der Waals surface area (Å²) in [5, 5.41) is 7.04. The van der Waals surface area contributed by atoms with E-state index in [2.05, 4.69) is 181 Å². The second-order valence-electron chi connectivity index (χ2n) is 13.6. The van der Waals surface area contributed by atoms with E-state index in [9.17, 15) is 0 Å². The van der Waals surface area contributed by atoms with Crippen molar-refractivity contribution >= 4 is 72.5 Å². The largest absolute Gasteiger partial charge is 0.458 e. The molecule has 2 heterocycles. The molecule has 3 nitrogen and oxygen atoms in total. The molecular weight excluding hydrogens is 633 g/mol. The summed E-state index contributed by atoms with van der Waals surface area (Å²) in [6.45, 7) is -0.108. The molecule has 52 heavy (non-hydrogen) atoms. The molecule has 0 aromatic heterocycles. The van der Waals surface area contributed by atoms with E-state index in [1.165, 1.54) is 27.3 Å². The Labute approximate surface area is 302 Å². The van der Waals surface area contributed by atoms with Gasteiger partial charge in [0.15, 0.2) is 0 Å². The number of anilines is 3. The van der Waals surface area contributed by atoms with Gasteiger partial charge in [-0.15, -0.1) is 0 Å². The highest BCUT2D eigenvalue weighted by atomic mass is 16.5. The number of hydrogen-bond acceptors (Lipinski definition) is 3. The summed E-state index contributed by atoms with van der Waals surface area (Å²) in [6.07, 6.45) is 0. The molecular formula is C48H30BNO2. The average molecular weight is 664 g/mol. The van der Waals surface area contributed by atoms with Crippen LogP contribution in [-0.2, 0) is 0 Å². The van der Waals surface area contributed by atoms with Crippen LogP contribution in [0.4, 0.5) is 17.1 Å². The summed E-state index contributed by atoms with van der Waals surface area (Å²) in [7, 11) is 0. The zero-order valence-electron chi connectivity index (χ0n) is 28.2. The van der Waals surface area contributed by atoms with Crippen molar-refractivity contribution in [2.75, 3.05) is 4.90 Å². The van der Waals surface area contributed by atoms with Crippen LogP contribution in [0.5, 0.6) is 23.0 Å². The molecule has 0 N–H and O–H groups in total. The minimum absolute atomic E-state index is 0.108. The van der Waals surface area contributed by atoms with E-state index < -0.39 is 0 Å². The molecule has 2 aliphatic rings. The smallest absolute Gasteiger partial charge is 0.261 e.